The molecule has 0 aliphatic rings. The highest BCUT2D eigenvalue weighted by molar-refractivity contribution is 5.57. The van der Waals surface area contributed by atoms with Crippen molar-refractivity contribution in [2.45, 2.75) is 19.8 Å². The van der Waals surface area contributed by atoms with Gasteiger partial charge in [-0.15, -0.1) is 0 Å². The molecule has 4 heteroatoms. The molecule has 0 bridgehead atoms. The maximum absolute atomic E-state index is 5.51. The van der Waals surface area contributed by atoms with Gasteiger partial charge in [0.25, 0.3) is 0 Å². The Bertz CT molecular complexity index is 540. The second-order valence-electron chi connectivity index (χ2n) is 4.62. The van der Waals surface area contributed by atoms with Crippen LogP contribution in [0.2, 0.25) is 0 Å². The van der Waals surface area contributed by atoms with Crippen molar-refractivity contribution in [2.24, 2.45) is 5.73 Å². The third-order valence-corrected chi connectivity index (χ3v) is 2.75. The Morgan fingerprint density at radius 3 is 2.84 bits per heavy atom. The molecule has 2 N–H and O–H groups in total. The molecule has 0 unspecified atom stereocenters. The molecule has 0 radical (unpaired) electrons. The molecule has 1 aromatic carbocycles. The summed E-state index contributed by atoms with van der Waals surface area (Å²) in [5, 5.41) is 0. The molecule has 2 aromatic rings. The zero-order valence-electron chi connectivity index (χ0n) is 11.3. The highest BCUT2D eigenvalue weighted by Gasteiger charge is 2.06. The molecule has 1 aromatic heterocycles. The number of benzene rings is 1. The van der Waals surface area contributed by atoms with Crippen molar-refractivity contribution in [3.63, 3.8) is 0 Å². The van der Waals surface area contributed by atoms with E-state index >= 15 is 0 Å². The second-order valence-corrected chi connectivity index (χ2v) is 4.62. The van der Waals surface area contributed by atoms with Crippen molar-refractivity contribution in [1.29, 1.82) is 0 Å². The van der Waals surface area contributed by atoms with Gasteiger partial charge < -0.3 is 10.5 Å². The van der Waals surface area contributed by atoms with Gasteiger partial charge in [0.1, 0.15) is 12.4 Å². The van der Waals surface area contributed by atoms with Crippen molar-refractivity contribution in [1.82, 2.24) is 9.97 Å². The van der Waals surface area contributed by atoms with Crippen molar-refractivity contribution in [2.75, 3.05) is 13.2 Å². The minimum absolute atomic E-state index is 0.387. The van der Waals surface area contributed by atoms with Gasteiger partial charge in [0.05, 0.1) is 0 Å². The van der Waals surface area contributed by atoms with Crippen molar-refractivity contribution in [3.8, 4) is 17.1 Å². The number of hydrogen-bond acceptors (Lipinski definition) is 4. The summed E-state index contributed by atoms with van der Waals surface area (Å²) in [5.74, 6) is 1.91. The highest BCUT2D eigenvalue weighted by Crippen LogP contribution is 2.22. The van der Waals surface area contributed by atoms with Crippen LogP contribution >= 0.6 is 0 Å². The van der Waals surface area contributed by atoms with E-state index in [2.05, 4.69) is 23.8 Å². The zero-order chi connectivity index (χ0) is 13.7. The molecule has 0 aliphatic carbocycles. The van der Waals surface area contributed by atoms with Crippen LogP contribution in [0.3, 0.4) is 0 Å². The number of ether oxygens (including phenoxy) is 1. The summed E-state index contributed by atoms with van der Waals surface area (Å²) in [6, 6.07) is 9.71. The van der Waals surface area contributed by atoms with Crippen molar-refractivity contribution < 1.29 is 4.74 Å². The predicted octanol–water partition coefficient (Wildman–Crippen LogP) is 2.60. The first-order valence-corrected chi connectivity index (χ1v) is 6.47. The van der Waals surface area contributed by atoms with E-state index in [9.17, 15) is 0 Å². The van der Waals surface area contributed by atoms with Gasteiger partial charge >= 0.3 is 0 Å². The van der Waals surface area contributed by atoms with Gasteiger partial charge in [0.15, 0.2) is 5.82 Å². The number of rotatable bonds is 5. The molecule has 0 saturated carbocycles. The lowest BCUT2D eigenvalue weighted by molar-refractivity contribution is 0.328. The average Bonchev–Trinajstić information content (AvgIpc) is 2.45. The minimum Gasteiger partial charge on any atom is -0.492 e. The van der Waals surface area contributed by atoms with Crippen molar-refractivity contribution in [3.05, 3.63) is 42.2 Å². The lowest BCUT2D eigenvalue weighted by Gasteiger charge is -2.08. The predicted molar refractivity (Wildman–Crippen MR) is 76.1 cm³/mol. The summed E-state index contributed by atoms with van der Waals surface area (Å²) >= 11 is 0. The summed E-state index contributed by atoms with van der Waals surface area (Å²) in [6.45, 7) is 5.25. The fraction of sp³-hybridized carbons (Fsp3) is 0.333. The quantitative estimate of drug-likeness (QED) is 0.894. The summed E-state index contributed by atoms with van der Waals surface area (Å²) in [4.78, 5) is 8.89. The number of aromatic nitrogens is 2. The molecule has 0 fully saturated rings. The van der Waals surface area contributed by atoms with Crippen molar-refractivity contribution >= 4 is 0 Å². The molecule has 0 saturated heterocycles. The number of hydrogen-bond donors (Lipinski definition) is 1. The Morgan fingerprint density at radius 1 is 1.26 bits per heavy atom. The van der Waals surface area contributed by atoms with E-state index in [0.717, 1.165) is 22.8 Å². The van der Waals surface area contributed by atoms with E-state index in [1.807, 2.05) is 30.3 Å². The van der Waals surface area contributed by atoms with E-state index in [1.54, 1.807) is 6.20 Å². The van der Waals surface area contributed by atoms with E-state index < -0.39 is 0 Å². The normalized spacial score (nSPS) is 10.7. The van der Waals surface area contributed by atoms with E-state index in [0.29, 0.717) is 19.1 Å². The Balaban J connectivity index is 2.28. The zero-order valence-corrected chi connectivity index (χ0v) is 11.3. The summed E-state index contributed by atoms with van der Waals surface area (Å²) in [6.07, 6.45) is 1.80. The van der Waals surface area contributed by atoms with E-state index in [4.69, 9.17) is 10.5 Å². The Labute approximate surface area is 113 Å². The molecule has 0 aliphatic heterocycles. The Morgan fingerprint density at radius 2 is 2.11 bits per heavy atom. The van der Waals surface area contributed by atoms with Crippen LogP contribution < -0.4 is 10.5 Å². The maximum atomic E-state index is 5.51. The number of nitrogens with zero attached hydrogens (tertiary/aromatic N) is 2. The van der Waals surface area contributed by atoms with Gasteiger partial charge in [-0.3, -0.25) is 0 Å². The first-order valence-electron chi connectivity index (χ1n) is 6.47. The fourth-order valence-electron chi connectivity index (χ4n) is 1.74. The molecule has 0 atom stereocenters. The van der Waals surface area contributed by atoms with Crippen LogP contribution in [0.5, 0.6) is 5.75 Å². The molecule has 100 valence electrons. The monoisotopic (exact) mass is 257 g/mol. The third-order valence-electron chi connectivity index (χ3n) is 2.75. The van der Waals surface area contributed by atoms with Crippen LogP contribution in [0.1, 0.15) is 25.5 Å². The molecule has 2 rings (SSSR count). The van der Waals surface area contributed by atoms with Crippen LogP contribution in [0.25, 0.3) is 11.4 Å². The Hall–Kier alpha value is -1.94. The number of nitrogens with two attached hydrogens (primary N) is 1. The molecule has 0 spiro atoms. The Kier molecular flexibility index (Phi) is 4.47. The largest absolute Gasteiger partial charge is 0.492 e. The summed E-state index contributed by atoms with van der Waals surface area (Å²) in [5.41, 5.74) is 7.42. The van der Waals surface area contributed by atoms with Gasteiger partial charge in [-0.25, -0.2) is 9.97 Å². The smallest absolute Gasteiger partial charge is 0.159 e. The van der Waals surface area contributed by atoms with Gasteiger partial charge in [-0.2, -0.15) is 0 Å². The summed E-state index contributed by atoms with van der Waals surface area (Å²) < 4.78 is 5.51. The van der Waals surface area contributed by atoms with Crippen LogP contribution in [0.4, 0.5) is 0 Å². The maximum Gasteiger partial charge on any atom is 0.159 e. The van der Waals surface area contributed by atoms with Gasteiger partial charge in [-0.1, -0.05) is 26.0 Å². The first-order chi connectivity index (χ1) is 9.20. The standard InChI is InChI=1S/C15H19N3O/c1-11(2)14-6-8-17-15(18-14)12-4-3-5-13(10-12)19-9-7-16/h3-6,8,10-11H,7,9,16H2,1-2H3. The topological polar surface area (TPSA) is 61.0 Å². The highest BCUT2D eigenvalue weighted by atomic mass is 16.5. The van der Waals surface area contributed by atoms with Gasteiger partial charge in [0.2, 0.25) is 0 Å². The van der Waals surface area contributed by atoms with Crippen LogP contribution in [-0.4, -0.2) is 23.1 Å². The SMILES string of the molecule is CC(C)c1ccnc(-c2cccc(OCCN)c2)n1. The van der Waals surface area contributed by atoms with Gasteiger partial charge in [0, 0.05) is 24.0 Å². The minimum atomic E-state index is 0.387. The lowest BCUT2D eigenvalue weighted by Crippen LogP contribution is -2.10. The first kappa shape index (κ1) is 13.5. The van der Waals surface area contributed by atoms with E-state index in [1.165, 1.54) is 0 Å². The molecular weight excluding hydrogens is 238 g/mol. The van der Waals surface area contributed by atoms with Crippen LogP contribution in [0, 0.1) is 0 Å². The molecule has 4 nitrogen and oxygen atoms in total. The molecule has 1 heterocycles. The van der Waals surface area contributed by atoms with Crippen LogP contribution in [-0.2, 0) is 0 Å². The van der Waals surface area contributed by atoms with E-state index in [-0.39, 0.29) is 0 Å². The average molecular weight is 257 g/mol. The summed E-state index contributed by atoms with van der Waals surface area (Å²) in [7, 11) is 0. The van der Waals surface area contributed by atoms with Crippen LogP contribution in [0.15, 0.2) is 36.5 Å². The third kappa shape index (κ3) is 3.51. The molecule has 0 amide bonds. The lowest BCUT2D eigenvalue weighted by atomic mass is 10.1. The molecule has 19 heavy (non-hydrogen) atoms. The molecular formula is C15H19N3O. The van der Waals surface area contributed by atoms with Gasteiger partial charge in [-0.05, 0) is 24.1 Å². The second kappa shape index (κ2) is 6.29. The fourth-order valence-corrected chi connectivity index (χ4v) is 1.74.